The molecule has 0 amide bonds. The van der Waals surface area contributed by atoms with E-state index in [0.717, 1.165) is 12.1 Å². The highest BCUT2D eigenvalue weighted by Crippen LogP contribution is 2.16. The second kappa shape index (κ2) is 5.97. The maximum Gasteiger partial charge on any atom is 0.141 e. The van der Waals surface area contributed by atoms with Gasteiger partial charge in [-0.1, -0.05) is 17.7 Å². The first-order valence-corrected chi connectivity index (χ1v) is 5.47. The van der Waals surface area contributed by atoms with Crippen molar-refractivity contribution in [2.45, 2.75) is 12.8 Å². The maximum atomic E-state index is 12.9. The summed E-state index contributed by atoms with van der Waals surface area (Å²) in [4.78, 5) is 13.5. The normalized spacial score (nSPS) is 10.8. The van der Waals surface area contributed by atoms with Crippen LogP contribution in [0, 0.1) is 5.82 Å². The van der Waals surface area contributed by atoms with Gasteiger partial charge in [0.15, 0.2) is 0 Å². The lowest BCUT2D eigenvalue weighted by Crippen LogP contribution is -2.17. The summed E-state index contributed by atoms with van der Waals surface area (Å²) >= 11 is 5.63. The van der Waals surface area contributed by atoms with Crippen molar-refractivity contribution < 1.29 is 9.18 Å². The van der Waals surface area contributed by atoms with Gasteiger partial charge in [0, 0.05) is 19.4 Å². The van der Waals surface area contributed by atoms with E-state index >= 15 is 0 Å². The zero-order valence-electron chi connectivity index (χ0n) is 9.46. The van der Waals surface area contributed by atoms with Gasteiger partial charge in [-0.05, 0) is 31.8 Å². The molecule has 0 aliphatic heterocycles. The number of nitrogens with zero attached hydrogens (tertiary/aromatic N) is 1. The Hall–Kier alpha value is -0.930. The third-order valence-corrected chi connectivity index (χ3v) is 2.51. The van der Waals surface area contributed by atoms with Crippen LogP contribution in [0.4, 0.5) is 4.39 Å². The van der Waals surface area contributed by atoms with Crippen LogP contribution < -0.4 is 0 Å². The van der Waals surface area contributed by atoms with E-state index in [1.165, 1.54) is 12.1 Å². The highest BCUT2D eigenvalue weighted by atomic mass is 35.5. The molecule has 0 N–H and O–H groups in total. The molecule has 0 aliphatic carbocycles. The number of benzene rings is 1. The van der Waals surface area contributed by atoms with E-state index in [0.29, 0.717) is 12.8 Å². The number of Topliss-reactive ketones (excluding diaryl/α,β-unsaturated/α-hetero) is 1. The predicted octanol–water partition coefficient (Wildman–Crippen LogP) is 2.54. The first-order valence-electron chi connectivity index (χ1n) is 5.09. The Labute approximate surface area is 100 Å². The van der Waals surface area contributed by atoms with Crippen molar-refractivity contribution in [1.29, 1.82) is 0 Å². The van der Waals surface area contributed by atoms with Gasteiger partial charge in [-0.3, -0.25) is 4.79 Å². The zero-order chi connectivity index (χ0) is 12.1. The van der Waals surface area contributed by atoms with Crippen LogP contribution in [0.25, 0.3) is 0 Å². The Balaban J connectivity index is 2.53. The molecule has 1 rings (SSSR count). The largest absolute Gasteiger partial charge is 0.309 e. The Morgan fingerprint density at radius 3 is 2.69 bits per heavy atom. The fourth-order valence-corrected chi connectivity index (χ4v) is 1.52. The number of carbonyl (C=O) groups excluding carboxylic acids is 1. The number of ketones is 1. The lowest BCUT2D eigenvalue weighted by molar-refractivity contribution is -0.118. The Morgan fingerprint density at radius 2 is 2.12 bits per heavy atom. The Bertz CT molecular complexity index is 379. The second-order valence-electron chi connectivity index (χ2n) is 4.02. The van der Waals surface area contributed by atoms with Crippen LogP contribution in [0.3, 0.4) is 0 Å². The van der Waals surface area contributed by atoms with Gasteiger partial charge >= 0.3 is 0 Å². The fourth-order valence-electron chi connectivity index (χ4n) is 1.31. The minimum Gasteiger partial charge on any atom is -0.309 e. The standard InChI is InChI=1S/C12H15ClFNO/c1-15(2)6-5-10(16)7-9-3-4-12(14)11(13)8-9/h3-4,8H,5-7H2,1-2H3. The van der Waals surface area contributed by atoms with Crippen LogP contribution in [0.5, 0.6) is 0 Å². The summed E-state index contributed by atoms with van der Waals surface area (Å²) in [6, 6.07) is 4.39. The Morgan fingerprint density at radius 1 is 1.44 bits per heavy atom. The van der Waals surface area contributed by atoms with Crippen LogP contribution in [0.15, 0.2) is 18.2 Å². The minimum atomic E-state index is -0.453. The third kappa shape index (κ3) is 4.29. The van der Waals surface area contributed by atoms with Crippen LogP contribution in [0.1, 0.15) is 12.0 Å². The molecule has 1 aromatic carbocycles. The molecule has 16 heavy (non-hydrogen) atoms. The Kier molecular flexibility index (Phi) is 4.90. The van der Waals surface area contributed by atoms with Gasteiger partial charge in [0.05, 0.1) is 5.02 Å². The van der Waals surface area contributed by atoms with Crippen LogP contribution in [0.2, 0.25) is 5.02 Å². The summed E-state index contributed by atoms with van der Waals surface area (Å²) in [6.07, 6.45) is 0.815. The van der Waals surface area contributed by atoms with Gasteiger partial charge in [-0.25, -0.2) is 4.39 Å². The van der Waals surface area contributed by atoms with Crippen LogP contribution in [-0.2, 0) is 11.2 Å². The number of hydrogen-bond acceptors (Lipinski definition) is 2. The molecule has 4 heteroatoms. The number of hydrogen-bond donors (Lipinski definition) is 0. The van der Waals surface area contributed by atoms with Crippen molar-refractivity contribution in [3.63, 3.8) is 0 Å². The quantitative estimate of drug-likeness (QED) is 0.792. The van der Waals surface area contributed by atoms with Crippen molar-refractivity contribution in [2.75, 3.05) is 20.6 Å². The molecule has 1 aromatic rings. The van der Waals surface area contributed by atoms with E-state index in [-0.39, 0.29) is 10.8 Å². The van der Waals surface area contributed by atoms with Crippen molar-refractivity contribution >= 4 is 17.4 Å². The number of carbonyl (C=O) groups is 1. The van der Waals surface area contributed by atoms with Crippen molar-refractivity contribution in [2.24, 2.45) is 0 Å². The van der Waals surface area contributed by atoms with Gasteiger partial charge in [0.1, 0.15) is 11.6 Å². The van der Waals surface area contributed by atoms with E-state index in [1.54, 1.807) is 6.07 Å². The molecule has 0 atom stereocenters. The highest BCUT2D eigenvalue weighted by Gasteiger charge is 2.06. The number of rotatable bonds is 5. The fraction of sp³-hybridized carbons (Fsp3) is 0.417. The SMILES string of the molecule is CN(C)CCC(=O)Cc1ccc(F)c(Cl)c1. The van der Waals surface area contributed by atoms with Gasteiger partial charge in [-0.15, -0.1) is 0 Å². The van der Waals surface area contributed by atoms with Crippen molar-refractivity contribution in [3.05, 3.63) is 34.6 Å². The molecular formula is C12H15ClFNO. The van der Waals surface area contributed by atoms with Gasteiger partial charge in [-0.2, -0.15) is 0 Å². The summed E-state index contributed by atoms with van der Waals surface area (Å²) in [7, 11) is 3.84. The molecular weight excluding hydrogens is 229 g/mol. The van der Waals surface area contributed by atoms with Crippen molar-refractivity contribution in [1.82, 2.24) is 4.90 Å². The molecule has 0 saturated carbocycles. The van der Waals surface area contributed by atoms with Gasteiger partial charge in [0.2, 0.25) is 0 Å². The van der Waals surface area contributed by atoms with E-state index in [1.807, 2.05) is 19.0 Å². The summed E-state index contributed by atoms with van der Waals surface area (Å²) in [5.41, 5.74) is 0.759. The monoisotopic (exact) mass is 243 g/mol. The molecule has 0 aliphatic rings. The molecule has 2 nitrogen and oxygen atoms in total. The van der Waals surface area contributed by atoms with Gasteiger partial charge in [0.25, 0.3) is 0 Å². The van der Waals surface area contributed by atoms with Crippen LogP contribution in [-0.4, -0.2) is 31.3 Å². The van der Waals surface area contributed by atoms with Crippen molar-refractivity contribution in [3.8, 4) is 0 Å². The lowest BCUT2D eigenvalue weighted by atomic mass is 10.1. The molecule has 0 aromatic heterocycles. The molecule has 0 spiro atoms. The molecule has 88 valence electrons. The smallest absolute Gasteiger partial charge is 0.141 e. The highest BCUT2D eigenvalue weighted by molar-refractivity contribution is 6.30. The van der Waals surface area contributed by atoms with Crippen LogP contribution >= 0.6 is 11.6 Å². The summed E-state index contributed by atoms with van der Waals surface area (Å²) < 4.78 is 12.9. The van der Waals surface area contributed by atoms with E-state index < -0.39 is 5.82 Å². The van der Waals surface area contributed by atoms with Gasteiger partial charge < -0.3 is 4.90 Å². The minimum absolute atomic E-state index is 0.0675. The molecule has 0 unspecified atom stereocenters. The average molecular weight is 244 g/mol. The first-order chi connectivity index (χ1) is 7.49. The first kappa shape index (κ1) is 13.1. The molecule has 0 saturated heterocycles. The van der Waals surface area contributed by atoms with E-state index in [2.05, 4.69) is 0 Å². The number of halogens is 2. The third-order valence-electron chi connectivity index (χ3n) is 2.22. The summed E-state index contributed by atoms with van der Waals surface area (Å²) in [5, 5.41) is 0.0675. The summed E-state index contributed by atoms with van der Waals surface area (Å²) in [5.74, 6) is -0.317. The molecule has 0 heterocycles. The summed E-state index contributed by atoms with van der Waals surface area (Å²) in [6.45, 7) is 0.730. The average Bonchev–Trinajstić information content (AvgIpc) is 2.21. The second-order valence-corrected chi connectivity index (χ2v) is 4.42. The molecule has 0 fully saturated rings. The molecule has 0 radical (unpaired) electrons. The maximum absolute atomic E-state index is 12.9. The van der Waals surface area contributed by atoms with E-state index in [9.17, 15) is 9.18 Å². The predicted molar refractivity (Wildman–Crippen MR) is 63.3 cm³/mol. The lowest BCUT2D eigenvalue weighted by Gasteiger charge is -2.08. The zero-order valence-corrected chi connectivity index (χ0v) is 10.2. The van der Waals surface area contributed by atoms with E-state index in [4.69, 9.17) is 11.6 Å². The molecule has 0 bridgehead atoms. The topological polar surface area (TPSA) is 20.3 Å².